The second-order valence-electron chi connectivity index (χ2n) is 8.65. The van der Waals surface area contributed by atoms with Crippen molar-refractivity contribution in [1.29, 1.82) is 0 Å². The molecule has 1 aliphatic heterocycles. The zero-order valence-corrected chi connectivity index (χ0v) is 21.8. The van der Waals surface area contributed by atoms with Crippen LogP contribution in [0.5, 0.6) is 0 Å². The highest BCUT2D eigenvalue weighted by Crippen LogP contribution is 2.28. The number of sulfonamides is 1. The lowest BCUT2D eigenvalue weighted by Crippen LogP contribution is -2.43. The van der Waals surface area contributed by atoms with Crippen LogP contribution < -0.4 is 9.62 Å². The number of morpholine rings is 1. The van der Waals surface area contributed by atoms with E-state index in [-0.39, 0.29) is 23.0 Å². The third-order valence-electron chi connectivity index (χ3n) is 6.04. The summed E-state index contributed by atoms with van der Waals surface area (Å²) in [6.07, 6.45) is 2.89. The number of nitrogens with one attached hydrogen (secondary N) is 1. The molecule has 2 heterocycles. The van der Waals surface area contributed by atoms with Crippen LogP contribution in [0.25, 0.3) is 11.3 Å². The molecule has 0 atom stereocenters. The van der Waals surface area contributed by atoms with Gasteiger partial charge in [0, 0.05) is 43.6 Å². The molecule has 4 rings (SSSR count). The number of benzene rings is 2. The van der Waals surface area contributed by atoms with E-state index in [4.69, 9.17) is 16.3 Å². The molecule has 1 aliphatic rings. The molecule has 1 fully saturated rings. The van der Waals surface area contributed by atoms with Crippen molar-refractivity contribution in [3.8, 4) is 11.3 Å². The van der Waals surface area contributed by atoms with Crippen molar-refractivity contribution >= 4 is 38.9 Å². The molecular weight excluding hydrogens is 500 g/mol. The number of carbonyl (C=O) groups excluding carboxylic acids is 1. The number of hydrogen-bond donors (Lipinski definition) is 1. The highest BCUT2D eigenvalue weighted by molar-refractivity contribution is 7.92. The Morgan fingerprint density at radius 2 is 1.92 bits per heavy atom. The standard InChI is InChI=1S/C26H29ClN4O4S/c1-19-6-7-20(17-23(19)25-5-3-4-10-28-25)29-26(32)22-9-8-21(18-24(22)27)31(36(2,33)34)12-11-30-13-15-35-16-14-30/h3-10,17-18H,11-16H2,1-2H3,(H,29,32). The van der Waals surface area contributed by atoms with Crippen LogP contribution in [0.4, 0.5) is 11.4 Å². The maximum atomic E-state index is 13.0. The van der Waals surface area contributed by atoms with Crippen LogP contribution in [-0.2, 0) is 14.8 Å². The predicted molar refractivity (Wildman–Crippen MR) is 143 cm³/mol. The lowest BCUT2D eigenvalue weighted by Gasteiger charge is -2.30. The van der Waals surface area contributed by atoms with Crippen LogP contribution in [-0.4, -0.2) is 69.9 Å². The van der Waals surface area contributed by atoms with Crippen molar-refractivity contribution in [3.63, 3.8) is 0 Å². The molecule has 0 bridgehead atoms. The molecule has 1 N–H and O–H groups in total. The van der Waals surface area contributed by atoms with Gasteiger partial charge in [0.1, 0.15) is 0 Å². The molecule has 190 valence electrons. The van der Waals surface area contributed by atoms with E-state index in [1.165, 1.54) is 10.4 Å². The minimum absolute atomic E-state index is 0.169. The summed E-state index contributed by atoms with van der Waals surface area (Å²) in [5.74, 6) is -0.387. The van der Waals surface area contributed by atoms with Gasteiger partial charge in [0.25, 0.3) is 5.91 Å². The molecule has 0 radical (unpaired) electrons. The largest absolute Gasteiger partial charge is 0.379 e. The Morgan fingerprint density at radius 1 is 1.14 bits per heavy atom. The summed E-state index contributed by atoms with van der Waals surface area (Å²) in [5.41, 5.74) is 4.04. The number of amides is 1. The van der Waals surface area contributed by atoms with Crippen LogP contribution in [0.2, 0.25) is 5.02 Å². The van der Waals surface area contributed by atoms with Gasteiger partial charge in [-0.2, -0.15) is 0 Å². The average Bonchev–Trinajstić information content (AvgIpc) is 2.85. The van der Waals surface area contributed by atoms with E-state index in [0.717, 1.165) is 36.2 Å². The topological polar surface area (TPSA) is 91.8 Å². The zero-order chi connectivity index (χ0) is 25.7. The molecular formula is C26H29ClN4O4S. The first-order valence-electron chi connectivity index (χ1n) is 11.6. The lowest BCUT2D eigenvalue weighted by atomic mass is 10.0. The van der Waals surface area contributed by atoms with Gasteiger partial charge in [0.15, 0.2) is 0 Å². The van der Waals surface area contributed by atoms with Gasteiger partial charge in [-0.3, -0.25) is 19.0 Å². The molecule has 1 saturated heterocycles. The first-order chi connectivity index (χ1) is 17.2. The molecule has 8 nitrogen and oxygen atoms in total. The summed E-state index contributed by atoms with van der Waals surface area (Å²) in [7, 11) is -3.54. The lowest BCUT2D eigenvalue weighted by molar-refractivity contribution is 0.0395. The number of rotatable bonds is 8. The van der Waals surface area contributed by atoms with Crippen LogP contribution in [0, 0.1) is 6.92 Å². The van der Waals surface area contributed by atoms with Gasteiger partial charge in [-0.25, -0.2) is 8.42 Å². The third kappa shape index (κ3) is 6.41. The zero-order valence-electron chi connectivity index (χ0n) is 20.3. The van der Waals surface area contributed by atoms with Gasteiger partial charge in [0.2, 0.25) is 10.0 Å². The number of halogens is 1. The minimum Gasteiger partial charge on any atom is -0.379 e. The number of nitrogens with zero attached hydrogens (tertiary/aromatic N) is 3. The van der Waals surface area contributed by atoms with E-state index in [9.17, 15) is 13.2 Å². The highest BCUT2D eigenvalue weighted by atomic mass is 35.5. The second kappa shape index (κ2) is 11.4. The molecule has 1 aromatic heterocycles. The van der Waals surface area contributed by atoms with Gasteiger partial charge in [-0.15, -0.1) is 0 Å². The van der Waals surface area contributed by atoms with Gasteiger partial charge in [-0.1, -0.05) is 23.7 Å². The van der Waals surface area contributed by atoms with Crippen molar-refractivity contribution in [2.45, 2.75) is 6.92 Å². The number of aromatic nitrogens is 1. The molecule has 0 unspecified atom stereocenters. The van der Waals surface area contributed by atoms with E-state index >= 15 is 0 Å². The Hall–Kier alpha value is -2.98. The van der Waals surface area contributed by atoms with Crippen LogP contribution in [0.1, 0.15) is 15.9 Å². The molecule has 36 heavy (non-hydrogen) atoms. The van der Waals surface area contributed by atoms with Crippen molar-refractivity contribution in [1.82, 2.24) is 9.88 Å². The van der Waals surface area contributed by atoms with Gasteiger partial charge < -0.3 is 10.1 Å². The highest BCUT2D eigenvalue weighted by Gasteiger charge is 2.22. The average molecular weight is 529 g/mol. The Morgan fingerprint density at radius 3 is 2.58 bits per heavy atom. The number of aryl methyl sites for hydroxylation is 1. The summed E-state index contributed by atoms with van der Waals surface area (Å²) in [6.45, 7) is 5.63. The number of hydrogen-bond acceptors (Lipinski definition) is 6. The summed E-state index contributed by atoms with van der Waals surface area (Å²) in [5, 5.41) is 3.05. The number of ether oxygens (including phenoxy) is 1. The number of pyridine rings is 1. The van der Waals surface area contributed by atoms with E-state index < -0.39 is 10.0 Å². The first kappa shape index (κ1) is 26.1. The van der Waals surface area contributed by atoms with E-state index in [0.29, 0.717) is 31.1 Å². The molecule has 0 saturated carbocycles. The normalized spacial score (nSPS) is 14.4. The Balaban J connectivity index is 1.51. The Bertz CT molecular complexity index is 1330. The summed E-state index contributed by atoms with van der Waals surface area (Å²) < 4.78 is 31.7. The fraction of sp³-hybridized carbons (Fsp3) is 0.308. The van der Waals surface area contributed by atoms with Crippen molar-refractivity contribution in [2.75, 3.05) is 55.3 Å². The summed E-state index contributed by atoms with van der Waals surface area (Å²) in [6, 6.07) is 16.0. The fourth-order valence-electron chi connectivity index (χ4n) is 4.08. The number of anilines is 2. The minimum atomic E-state index is -3.54. The Labute approximate surface area is 216 Å². The summed E-state index contributed by atoms with van der Waals surface area (Å²) in [4.78, 5) is 19.6. The smallest absolute Gasteiger partial charge is 0.257 e. The van der Waals surface area contributed by atoms with Crippen molar-refractivity contribution in [2.24, 2.45) is 0 Å². The molecule has 0 spiro atoms. The van der Waals surface area contributed by atoms with Gasteiger partial charge >= 0.3 is 0 Å². The van der Waals surface area contributed by atoms with Crippen LogP contribution >= 0.6 is 11.6 Å². The van der Waals surface area contributed by atoms with Gasteiger partial charge in [-0.05, 0) is 55.0 Å². The molecule has 0 aliphatic carbocycles. The maximum absolute atomic E-state index is 13.0. The maximum Gasteiger partial charge on any atom is 0.257 e. The van der Waals surface area contributed by atoms with Crippen LogP contribution in [0.15, 0.2) is 60.8 Å². The quantitative estimate of drug-likeness (QED) is 0.474. The fourth-order valence-corrected chi connectivity index (χ4v) is 5.25. The first-order valence-corrected chi connectivity index (χ1v) is 13.9. The van der Waals surface area contributed by atoms with E-state index in [1.807, 2.05) is 43.3 Å². The monoisotopic (exact) mass is 528 g/mol. The number of carbonyl (C=O) groups is 1. The predicted octanol–water partition coefficient (Wildman–Crippen LogP) is 4.06. The SMILES string of the molecule is Cc1ccc(NC(=O)c2ccc(N(CCN3CCOCC3)S(C)(=O)=O)cc2Cl)cc1-c1ccccn1. The third-order valence-corrected chi connectivity index (χ3v) is 7.55. The Kier molecular flexibility index (Phi) is 8.25. The van der Waals surface area contributed by atoms with Crippen molar-refractivity contribution in [3.05, 3.63) is 76.9 Å². The van der Waals surface area contributed by atoms with Gasteiger partial charge in [0.05, 0.1) is 41.4 Å². The van der Waals surface area contributed by atoms with Crippen LogP contribution in [0.3, 0.4) is 0 Å². The molecule has 3 aromatic rings. The second-order valence-corrected chi connectivity index (χ2v) is 11.0. The van der Waals surface area contributed by atoms with E-state index in [2.05, 4.69) is 15.2 Å². The molecule has 10 heteroatoms. The van der Waals surface area contributed by atoms with E-state index in [1.54, 1.807) is 18.3 Å². The molecule has 2 aromatic carbocycles. The summed E-state index contributed by atoms with van der Waals surface area (Å²) >= 11 is 6.47. The molecule has 1 amide bonds. The van der Waals surface area contributed by atoms with Crippen molar-refractivity contribution < 1.29 is 17.9 Å².